The summed E-state index contributed by atoms with van der Waals surface area (Å²) in [6, 6.07) is 24.8. The van der Waals surface area contributed by atoms with Gasteiger partial charge in [-0.1, -0.05) is 78.9 Å². The standard InChI is InChI=1S/C33H35N5O4/c39-30-20-24(17-22-9-3-1-4-10-22)31(40)34-15-16-35-32(41)28(18-23-11-5-2-6-12-23)38-33(42)29(37-30)19-25-21-36-27-14-8-7-13-26(25)27/h1-14,21,24,28-29,36H,15-20H2,(H,34,40)(H,35,41)(H,37,39)(H,38,42)/t24-,28+,29+/m1/s1. The number of amides is 4. The molecule has 1 aliphatic rings. The number of benzene rings is 3. The molecule has 5 rings (SSSR count). The van der Waals surface area contributed by atoms with E-state index < -0.39 is 29.8 Å². The molecule has 0 unspecified atom stereocenters. The summed E-state index contributed by atoms with van der Waals surface area (Å²) in [5, 5.41) is 12.4. The Morgan fingerprint density at radius 1 is 0.595 bits per heavy atom. The lowest BCUT2D eigenvalue weighted by molar-refractivity contribution is -0.134. The van der Waals surface area contributed by atoms with Crippen LogP contribution >= 0.6 is 0 Å². The number of hydrogen-bond acceptors (Lipinski definition) is 4. The molecule has 1 aromatic heterocycles. The lowest BCUT2D eigenvalue weighted by Crippen LogP contribution is -2.56. The van der Waals surface area contributed by atoms with Crippen molar-refractivity contribution >= 4 is 34.5 Å². The molecule has 1 saturated heterocycles. The van der Waals surface area contributed by atoms with Crippen LogP contribution in [-0.4, -0.2) is 53.8 Å². The number of carbonyl (C=O) groups excluding carboxylic acids is 4. The van der Waals surface area contributed by atoms with E-state index in [0.717, 1.165) is 27.6 Å². The summed E-state index contributed by atoms with van der Waals surface area (Å²) in [6.45, 7) is 0.390. The number of nitrogens with one attached hydrogen (secondary N) is 5. The third-order valence-corrected chi connectivity index (χ3v) is 7.52. The summed E-state index contributed by atoms with van der Waals surface area (Å²) in [6.07, 6.45) is 2.59. The van der Waals surface area contributed by atoms with Crippen molar-refractivity contribution in [2.24, 2.45) is 5.92 Å². The first kappa shape index (κ1) is 28.6. The van der Waals surface area contributed by atoms with Gasteiger partial charge < -0.3 is 26.3 Å². The smallest absolute Gasteiger partial charge is 0.243 e. The van der Waals surface area contributed by atoms with E-state index in [9.17, 15) is 19.2 Å². The van der Waals surface area contributed by atoms with Crippen molar-refractivity contribution < 1.29 is 19.2 Å². The highest BCUT2D eigenvalue weighted by Gasteiger charge is 2.30. The predicted octanol–water partition coefficient (Wildman–Crippen LogP) is 2.42. The van der Waals surface area contributed by atoms with Gasteiger partial charge in [0, 0.05) is 49.5 Å². The molecule has 0 radical (unpaired) electrons. The largest absolute Gasteiger partial charge is 0.361 e. The first-order valence-corrected chi connectivity index (χ1v) is 14.2. The molecule has 216 valence electrons. The minimum atomic E-state index is -0.967. The number of fused-ring (bicyclic) bond motifs is 1. The topological polar surface area (TPSA) is 132 Å². The number of hydrogen-bond donors (Lipinski definition) is 5. The molecule has 3 atom stereocenters. The Morgan fingerprint density at radius 3 is 1.90 bits per heavy atom. The van der Waals surface area contributed by atoms with Crippen LogP contribution in [-0.2, 0) is 38.4 Å². The van der Waals surface area contributed by atoms with Crippen LogP contribution in [0.3, 0.4) is 0 Å². The van der Waals surface area contributed by atoms with Gasteiger partial charge in [0.15, 0.2) is 0 Å². The monoisotopic (exact) mass is 565 g/mol. The van der Waals surface area contributed by atoms with Crippen molar-refractivity contribution in [3.8, 4) is 0 Å². The number of aromatic nitrogens is 1. The highest BCUT2D eigenvalue weighted by atomic mass is 16.2. The zero-order valence-electron chi connectivity index (χ0n) is 23.3. The molecular formula is C33H35N5O4. The summed E-state index contributed by atoms with van der Waals surface area (Å²) in [4.78, 5) is 56.9. The van der Waals surface area contributed by atoms with Gasteiger partial charge >= 0.3 is 0 Å². The molecule has 0 spiro atoms. The molecule has 9 heteroatoms. The van der Waals surface area contributed by atoms with Crippen molar-refractivity contribution in [1.82, 2.24) is 26.3 Å². The molecule has 1 aliphatic heterocycles. The number of para-hydroxylation sites is 1. The Kier molecular flexibility index (Phi) is 9.28. The molecule has 0 aliphatic carbocycles. The molecule has 2 heterocycles. The molecule has 1 fully saturated rings. The van der Waals surface area contributed by atoms with Gasteiger partial charge in [0.25, 0.3) is 0 Å². The molecule has 0 saturated carbocycles. The fourth-order valence-electron chi connectivity index (χ4n) is 5.33. The lowest BCUT2D eigenvalue weighted by atomic mass is 9.94. The Labute approximate surface area is 244 Å². The number of H-pyrrole nitrogens is 1. The number of rotatable bonds is 6. The van der Waals surface area contributed by atoms with Crippen molar-refractivity contribution in [3.05, 3.63) is 108 Å². The molecule has 5 N–H and O–H groups in total. The van der Waals surface area contributed by atoms with Gasteiger partial charge in [-0.15, -0.1) is 0 Å². The Hall–Kier alpha value is -4.92. The normalized spacial score (nSPS) is 20.6. The summed E-state index contributed by atoms with van der Waals surface area (Å²) < 4.78 is 0. The van der Waals surface area contributed by atoms with Gasteiger partial charge in [0.1, 0.15) is 12.1 Å². The third kappa shape index (κ3) is 7.42. The van der Waals surface area contributed by atoms with Gasteiger partial charge in [0.05, 0.1) is 5.92 Å². The minimum Gasteiger partial charge on any atom is -0.361 e. The average Bonchev–Trinajstić information content (AvgIpc) is 3.41. The van der Waals surface area contributed by atoms with Crippen LogP contribution in [0.25, 0.3) is 10.9 Å². The highest BCUT2D eigenvalue weighted by molar-refractivity contribution is 5.94. The first-order chi connectivity index (χ1) is 20.5. The summed E-state index contributed by atoms with van der Waals surface area (Å²) in [7, 11) is 0. The van der Waals surface area contributed by atoms with Crippen LogP contribution in [0, 0.1) is 5.92 Å². The fraction of sp³-hybridized carbons (Fsp3) is 0.273. The van der Waals surface area contributed by atoms with Crippen molar-refractivity contribution in [1.29, 1.82) is 0 Å². The molecule has 4 aromatic rings. The van der Waals surface area contributed by atoms with Gasteiger partial charge in [-0.2, -0.15) is 0 Å². The van der Waals surface area contributed by atoms with Crippen LogP contribution < -0.4 is 21.3 Å². The van der Waals surface area contributed by atoms with Crippen LogP contribution in [0.2, 0.25) is 0 Å². The minimum absolute atomic E-state index is 0.0851. The van der Waals surface area contributed by atoms with Gasteiger partial charge in [-0.25, -0.2) is 0 Å². The van der Waals surface area contributed by atoms with Crippen molar-refractivity contribution in [2.75, 3.05) is 13.1 Å². The Balaban J connectivity index is 1.42. The first-order valence-electron chi connectivity index (χ1n) is 14.2. The van der Waals surface area contributed by atoms with Gasteiger partial charge in [-0.05, 0) is 29.2 Å². The van der Waals surface area contributed by atoms with E-state index >= 15 is 0 Å². The van der Waals surface area contributed by atoms with E-state index in [1.54, 1.807) is 0 Å². The van der Waals surface area contributed by atoms with E-state index in [1.165, 1.54) is 0 Å². The fourth-order valence-corrected chi connectivity index (χ4v) is 5.33. The second kappa shape index (κ2) is 13.6. The van der Waals surface area contributed by atoms with Crippen LogP contribution in [0.1, 0.15) is 23.1 Å². The molecule has 3 aromatic carbocycles. The Morgan fingerprint density at radius 2 is 1.19 bits per heavy atom. The molecular weight excluding hydrogens is 530 g/mol. The van der Waals surface area contributed by atoms with E-state index in [2.05, 4.69) is 26.3 Å². The Bertz CT molecular complexity index is 1540. The molecule has 9 nitrogen and oxygen atoms in total. The highest BCUT2D eigenvalue weighted by Crippen LogP contribution is 2.20. The zero-order chi connectivity index (χ0) is 29.3. The maximum Gasteiger partial charge on any atom is 0.243 e. The average molecular weight is 566 g/mol. The predicted molar refractivity (Wildman–Crippen MR) is 160 cm³/mol. The second-order valence-corrected chi connectivity index (χ2v) is 10.6. The van der Waals surface area contributed by atoms with Crippen LogP contribution in [0.15, 0.2) is 91.1 Å². The molecule has 0 bridgehead atoms. The van der Waals surface area contributed by atoms with E-state index in [-0.39, 0.29) is 44.2 Å². The van der Waals surface area contributed by atoms with Gasteiger partial charge in [0.2, 0.25) is 23.6 Å². The number of carbonyl (C=O) groups is 4. The zero-order valence-corrected chi connectivity index (χ0v) is 23.3. The quantitative estimate of drug-likeness (QED) is 0.246. The van der Waals surface area contributed by atoms with Crippen LogP contribution in [0.5, 0.6) is 0 Å². The van der Waals surface area contributed by atoms with E-state index in [4.69, 9.17) is 0 Å². The maximum absolute atomic E-state index is 13.8. The molecule has 4 amide bonds. The molecule has 42 heavy (non-hydrogen) atoms. The maximum atomic E-state index is 13.8. The number of aromatic amines is 1. The van der Waals surface area contributed by atoms with E-state index in [1.807, 2.05) is 91.1 Å². The van der Waals surface area contributed by atoms with Crippen molar-refractivity contribution in [3.63, 3.8) is 0 Å². The summed E-state index contributed by atoms with van der Waals surface area (Å²) in [5.41, 5.74) is 3.58. The van der Waals surface area contributed by atoms with E-state index in [0.29, 0.717) is 6.42 Å². The SMILES string of the molecule is O=C1C[C@@H](Cc2ccccc2)C(=O)NCCNC(=O)[C@H](Cc2ccccc2)NC(=O)[C@H](Cc2c[nH]c3ccccc23)N1. The summed E-state index contributed by atoms with van der Waals surface area (Å²) >= 11 is 0. The second-order valence-electron chi connectivity index (χ2n) is 10.6. The summed E-state index contributed by atoms with van der Waals surface area (Å²) in [5.74, 6) is -2.16. The van der Waals surface area contributed by atoms with Crippen LogP contribution in [0.4, 0.5) is 0 Å². The lowest BCUT2D eigenvalue weighted by Gasteiger charge is -2.25. The third-order valence-electron chi connectivity index (χ3n) is 7.52. The van der Waals surface area contributed by atoms with Crippen molar-refractivity contribution in [2.45, 2.75) is 37.8 Å². The van der Waals surface area contributed by atoms with Gasteiger partial charge in [-0.3, -0.25) is 19.2 Å².